The van der Waals surface area contributed by atoms with Crippen LogP contribution < -0.4 is 11.1 Å². The van der Waals surface area contributed by atoms with Crippen molar-refractivity contribution in [2.24, 2.45) is 7.05 Å². The zero-order valence-corrected chi connectivity index (χ0v) is 13.3. The molecule has 0 saturated heterocycles. The third-order valence-corrected chi connectivity index (χ3v) is 3.86. The lowest BCUT2D eigenvalue weighted by atomic mass is 10.0. The lowest BCUT2D eigenvalue weighted by Crippen LogP contribution is -2.21. The van der Waals surface area contributed by atoms with Gasteiger partial charge in [-0.05, 0) is 52.3 Å². The summed E-state index contributed by atoms with van der Waals surface area (Å²) in [5.74, 6) is 0.448. The van der Waals surface area contributed by atoms with Gasteiger partial charge in [-0.3, -0.25) is 4.57 Å². The Kier molecular flexibility index (Phi) is 3.73. The van der Waals surface area contributed by atoms with Crippen molar-refractivity contribution in [2.75, 3.05) is 6.54 Å². The van der Waals surface area contributed by atoms with E-state index in [2.05, 4.69) is 21.2 Å². The minimum absolute atomic E-state index is 0.0868. The van der Waals surface area contributed by atoms with E-state index in [1.165, 1.54) is 4.57 Å². The van der Waals surface area contributed by atoms with E-state index in [0.717, 1.165) is 23.4 Å². The van der Waals surface area contributed by atoms with Crippen LogP contribution in [0, 0.1) is 0 Å². The summed E-state index contributed by atoms with van der Waals surface area (Å²) in [5.41, 5.74) is 2.34. The van der Waals surface area contributed by atoms with Crippen LogP contribution in [0.25, 0.3) is 11.1 Å². The Labute approximate surface area is 129 Å². The molecule has 1 atom stereocenters. The molecule has 3 rings (SSSR count). The number of furan rings is 1. The van der Waals surface area contributed by atoms with E-state index < -0.39 is 0 Å². The van der Waals surface area contributed by atoms with Crippen LogP contribution in [0.1, 0.15) is 24.3 Å². The molecular formula is C15H15BrN2O3. The predicted octanol–water partition coefficient (Wildman–Crippen LogP) is 3.19. The topological polar surface area (TPSA) is 60.3 Å². The summed E-state index contributed by atoms with van der Waals surface area (Å²) in [7, 11) is 1.69. The van der Waals surface area contributed by atoms with Gasteiger partial charge in [-0.2, -0.15) is 0 Å². The lowest BCUT2D eigenvalue weighted by molar-refractivity contribution is 0.437. The highest BCUT2D eigenvalue weighted by molar-refractivity contribution is 9.10. The molecule has 0 spiro atoms. The van der Waals surface area contributed by atoms with Crippen molar-refractivity contribution in [3.63, 3.8) is 0 Å². The van der Waals surface area contributed by atoms with Crippen LogP contribution in [0.15, 0.2) is 48.6 Å². The van der Waals surface area contributed by atoms with Crippen LogP contribution in [0.4, 0.5) is 0 Å². The molecule has 0 fully saturated rings. The van der Waals surface area contributed by atoms with Crippen molar-refractivity contribution >= 4 is 27.0 Å². The molecule has 2 heterocycles. The molecule has 0 aliphatic heterocycles. The first-order valence-corrected chi connectivity index (χ1v) is 7.47. The van der Waals surface area contributed by atoms with Crippen LogP contribution in [0.2, 0.25) is 0 Å². The standard InChI is InChI=1S/C15H15BrN2O3/c1-3-17-14(11-6-7-13(16)20-11)9-4-5-10-12(8-9)21-15(19)18(10)2/h4-8,14,17H,3H2,1-2H3. The molecule has 1 unspecified atom stereocenters. The number of aryl methyl sites for hydroxylation is 1. The normalized spacial score (nSPS) is 12.9. The van der Waals surface area contributed by atoms with Gasteiger partial charge < -0.3 is 14.2 Å². The fraction of sp³-hybridized carbons (Fsp3) is 0.267. The molecule has 0 aliphatic rings. The molecule has 0 radical (unpaired) electrons. The third-order valence-electron chi connectivity index (χ3n) is 3.44. The van der Waals surface area contributed by atoms with Crippen molar-refractivity contribution in [2.45, 2.75) is 13.0 Å². The zero-order valence-electron chi connectivity index (χ0n) is 11.7. The van der Waals surface area contributed by atoms with E-state index in [4.69, 9.17) is 8.83 Å². The molecule has 0 saturated carbocycles. The van der Waals surface area contributed by atoms with E-state index in [1.807, 2.05) is 37.3 Å². The number of fused-ring (bicyclic) bond motifs is 1. The molecule has 6 heteroatoms. The number of hydrogen-bond acceptors (Lipinski definition) is 4. The summed E-state index contributed by atoms with van der Waals surface area (Å²) in [6, 6.07) is 9.43. The second-order valence-corrected chi connectivity index (χ2v) is 5.57. The molecular weight excluding hydrogens is 336 g/mol. The molecule has 1 aromatic carbocycles. The van der Waals surface area contributed by atoms with Gasteiger partial charge in [0.05, 0.1) is 11.6 Å². The van der Waals surface area contributed by atoms with Gasteiger partial charge >= 0.3 is 5.76 Å². The minimum atomic E-state index is -0.358. The molecule has 2 aromatic heterocycles. The van der Waals surface area contributed by atoms with Gasteiger partial charge in [-0.15, -0.1) is 0 Å². The molecule has 3 aromatic rings. The monoisotopic (exact) mass is 350 g/mol. The van der Waals surface area contributed by atoms with E-state index in [9.17, 15) is 4.79 Å². The largest absolute Gasteiger partial charge is 0.452 e. The summed E-state index contributed by atoms with van der Waals surface area (Å²) >= 11 is 3.32. The van der Waals surface area contributed by atoms with Crippen molar-refractivity contribution in [1.29, 1.82) is 0 Å². The first kappa shape index (κ1) is 14.2. The number of aromatic nitrogens is 1. The Balaban J connectivity index is 2.09. The Bertz CT molecular complexity index is 831. The number of nitrogens with zero attached hydrogens (tertiary/aromatic N) is 1. The summed E-state index contributed by atoms with van der Waals surface area (Å²) in [6.07, 6.45) is 0. The number of hydrogen-bond donors (Lipinski definition) is 1. The van der Waals surface area contributed by atoms with Crippen LogP contribution in [-0.2, 0) is 7.05 Å². The van der Waals surface area contributed by atoms with Gasteiger partial charge in [-0.25, -0.2) is 4.79 Å². The predicted molar refractivity (Wildman–Crippen MR) is 83.4 cm³/mol. The van der Waals surface area contributed by atoms with E-state index in [1.54, 1.807) is 7.05 Å². The van der Waals surface area contributed by atoms with Crippen LogP contribution >= 0.6 is 15.9 Å². The Morgan fingerprint density at radius 3 is 2.76 bits per heavy atom. The zero-order chi connectivity index (χ0) is 15.0. The smallest absolute Gasteiger partial charge is 0.419 e. The number of nitrogens with one attached hydrogen (secondary N) is 1. The second kappa shape index (κ2) is 5.54. The van der Waals surface area contributed by atoms with Gasteiger partial charge in [0.25, 0.3) is 0 Å². The molecule has 0 amide bonds. The summed E-state index contributed by atoms with van der Waals surface area (Å²) < 4.78 is 13.1. The average Bonchev–Trinajstić information content (AvgIpc) is 3.01. The van der Waals surface area contributed by atoms with Crippen molar-refractivity contribution in [3.8, 4) is 0 Å². The Hall–Kier alpha value is -1.79. The van der Waals surface area contributed by atoms with Gasteiger partial charge in [0.1, 0.15) is 5.76 Å². The van der Waals surface area contributed by atoms with Crippen LogP contribution in [0.5, 0.6) is 0 Å². The molecule has 5 nitrogen and oxygen atoms in total. The first-order valence-electron chi connectivity index (χ1n) is 6.68. The molecule has 110 valence electrons. The second-order valence-electron chi connectivity index (χ2n) is 4.79. The Morgan fingerprint density at radius 1 is 1.29 bits per heavy atom. The van der Waals surface area contributed by atoms with Crippen LogP contribution in [0.3, 0.4) is 0 Å². The highest BCUT2D eigenvalue weighted by Gasteiger charge is 2.18. The lowest BCUT2D eigenvalue weighted by Gasteiger charge is -2.15. The average molecular weight is 351 g/mol. The van der Waals surface area contributed by atoms with E-state index in [-0.39, 0.29) is 11.8 Å². The maximum atomic E-state index is 11.6. The molecule has 0 bridgehead atoms. The quantitative estimate of drug-likeness (QED) is 0.784. The summed E-state index contributed by atoms with van der Waals surface area (Å²) in [4.78, 5) is 11.6. The summed E-state index contributed by atoms with van der Waals surface area (Å²) in [6.45, 7) is 2.83. The number of halogens is 1. The van der Waals surface area contributed by atoms with Crippen LogP contribution in [-0.4, -0.2) is 11.1 Å². The SMILES string of the molecule is CCNC(c1ccc2c(c1)oc(=O)n2C)c1ccc(Br)o1. The maximum absolute atomic E-state index is 11.6. The van der Waals surface area contributed by atoms with E-state index >= 15 is 0 Å². The first-order chi connectivity index (χ1) is 10.1. The van der Waals surface area contributed by atoms with E-state index in [0.29, 0.717) is 10.3 Å². The van der Waals surface area contributed by atoms with Gasteiger partial charge in [0.2, 0.25) is 0 Å². The highest BCUT2D eigenvalue weighted by Crippen LogP contribution is 2.28. The minimum Gasteiger partial charge on any atom is -0.452 e. The Morgan fingerprint density at radius 2 is 2.10 bits per heavy atom. The van der Waals surface area contributed by atoms with Gasteiger partial charge in [0.15, 0.2) is 10.3 Å². The summed E-state index contributed by atoms with van der Waals surface area (Å²) in [5, 5.41) is 3.37. The molecule has 0 aliphatic carbocycles. The maximum Gasteiger partial charge on any atom is 0.419 e. The fourth-order valence-corrected chi connectivity index (χ4v) is 2.72. The number of oxazole rings is 1. The van der Waals surface area contributed by atoms with Crippen molar-refractivity contribution < 1.29 is 8.83 Å². The molecule has 1 N–H and O–H groups in total. The number of rotatable bonds is 4. The van der Waals surface area contributed by atoms with Crippen molar-refractivity contribution in [3.05, 3.63) is 56.9 Å². The molecule has 21 heavy (non-hydrogen) atoms. The van der Waals surface area contributed by atoms with Crippen molar-refractivity contribution in [1.82, 2.24) is 9.88 Å². The van der Waals surface area contributed by atoms with Gasteiger partial charge in [-0.1, -0.05) is 13.0 Å². The fourth-order valence-electron chi connectivity index (χ4n) is 2.40. The third kappa shape index (κ3) is 2.56. The number of benzene rings is 1. The van der Waals surface area contributed by atoms with Gasteiger partial charge in [0, 0.05) is 7.05 Å². The highest BCUT2D eigenvalue weighted by atomic mass is 79.9.